The van der Waals surface area contributed by atoms with Gasteiger partial charge in [0.1, 0.15) is 11.8 Å². The smallest absolute Gasteiger partial charge is 0.152 e. The van der Waals surface area contributed by atoms with Gasteiger partial charge in [0.2, 0.25) is 0 Å². The number of fused-ring (bicyclic) bond motifs is 3. The van der Waals surface area contributed by atoms with Crippen LogP contribution in [0.25, 0.3) is 21.8 Å². The Morgan fingerprint density at radius 2 is 2.14 bits per heavy atom. The van der Waals surface area contributed by atoms with Gasteiger partial charge in [-0.15, -0.1) is 0 Å². The van der Waals surface area contributed by atoms with Crippen molar-refractivity contribution >= 4 is 33.9 Å². The maximum atomic E-state index is 10.6. The van der Waals surface area contributed by atoms with Crippen molar-refractivity contribution in [1.82, 2.24) is 14.8 Å². The molecule has 0 bridgehead atoms. The molecule has 0 aliphatic carbocycles. The molecule has 3 rings (SSSR count). The van der Waals surface area contributed by atoms with Crippen molar-refractivity contribution in [2.24, 2.45) is 0 Å². The van der Waals surface area contributed by atoms with Crippen LogP contribution >= 0.6 is 0 Å². The van der Waals surface area contributed by atoms with E-state index in [1.54, 1.807) is 0 Å². The Hall–Kier alpha value is -2.43. The Morgan fingerprint density at radius 1 is 1.32 bits per heavy atom. The summed E-state index contributed by atoms with van der Waals surface area (Å²) in [7, 11) is 0. The Kier molecular flexibility index (Phi) is 4.04. The Labute approximate surface area is 129 Å². The molecule has 0 unspecified atom stereocenters. The predicted octanol–water partition coefficient (Wildman–Crippen LogP) is 3.10. The minimum absolute atomic E-state index is 0.472. The quantitative estimate of drug-likeness (QED) is 0.560. The fourth-order valence-electron chi connectivity index (χ4n) is 2.93. The van der Waals surface area contributed by atoms with Crippen LogP contribution in [0.15, 0.2) is 24.3 Å². The van der Waals surface area contributed by atoms with E-state index in [0.29, 0.717) is 12.2 Å². The number of unbranched alkanes of at least 4 members (excludes halogenated alkanes) is 1. The number of carbonyl (C=O) groups excluding carboxylic acids is 1. The molecule has 0 atom stereocenters. The van der Waals surface area contributed by atoms with Crippen molar-refractivity contribution in [3.8, 4) is 0 Å². The average Bonchev–Trinajstić information content (AvgIpc) is 2.88. The van der Waals surface area contributed by atoms with Gasteiger partial charge in [-0.1, -0.05) is 25.1 Å². The number of nitrogens with zero attached hydrogens (tertiary/aromatic N) is 3. The molecular weight excluding hydrogens is 276 g/mol. The second-order valence-corrected chi connectivity index (χ2v) is 5.47. The molecule has 3 aromatic rings. The first-order valence-electron chi connectivity index (χ1n) is 7.73. The monoisotopic (exact) mass is 296 g/mol. The lowest BCUT2D eigenvalue weighted by molar-refractivity contribution is -0.107. The van der Waals surface area contributed by atoms with Gasteiger partial charge in [-0.05, 0) is 25.3 Å². The molecule has 114 valence electrons. The van der Waals surface area contributed by atoms with Gasteiger partial charge >= 0.3 is 0 Å². The SMILES string of the molecule is CCCn1nc2c(N)nc3ccccc3c2c1CCCC=O. The summed E-state index contributed by atoms with van der Waals surface area (Å²) in [6.45, 7) is 2.97. The molecule has 0 saturated carbocycles. The van der Waals surface area contributed by atoms with Crippen LogP contribution < -0.4 is 5.73 Å². The van der Waals surface area contributed by atoms with E-state index in [1.807, 2.05) is 22.9 Å². The van der Waals surface area contributed by atoms with Crippen molar-refractivity contribution in [3.05, 3.63) is 30.0 Å². The molecule has 0 fully saturated rings. The van der Waals surface area contributed by atoms with Gasteiger partial charge in [-0.25, -0.2) is 4.98 Å². The number of aldehydes is 1. The van der Waals surface area contributed by atoms with E-state index in [9.17, 15) is 4.79 Å². The fourth-order valence-corrected chi connectivity index (χ4v) is 2.93. The zero-order valence-corrected chi connectivity index (χ0v) is 12.7. The zero-order valence-electron chi connectivity index (χ0n) is 12.7. The summed E-state index contributed by atoms with van der Waals surface area (Å²) in [6, 6.07) is 8.00. The lowest BCUT2D eigenvalue weighted by Crippen LogP contribution is -2.04. The number of pyridine rings is 1. The molecule has 2 heterocycles. The molecule has 0 amide bonds. The standard InChI is InChI=1S/C17H20N4O/c1-2-10-21-14(9-5-6-11-22)15-12-7-3-4-8-13(12)19-17(18)16(15)20-21/h3-4,7-8,11H,2,5-6,9-10H2,1H3,(H2,18,19). The highest BCUT2D eigenvalue weighted by molar-refractivity contribution is 6.09. The van der Waals surface area contributed by atoms with Crippen LogP contribution in [0.4, 0.5) is 5.82 Å². The molecule has 1 aromatic carbocycles. The molecule has 2 N–H and O–H groups in total. The molecule has 5 heteroatoms. The second kappa shape index (κ2) is 6.13. The van der Waals surface area contributed by atoms with Gasteiger partial charge in [0, 0.05) is 29.4 Å². The van der Waals surface area contributed by atoms with E-state index in [0.717, 1.165) is 59.6 Å². The van der Waals surface area contributed by atoms with Crippen molar-refractivity contribution in [1.29, 1.82) is 0 Å². The number of rotatable bonds is 6. The highest BCUT2D eigenvalue weighted by Crippen LogP contribution is 2.31. The topological polar surface area (TPSA) is 73.8 Å². The number of nitrogens with two attached hydrogens (primary N) is 1. The van der Waals surface area contributed by atoms with E-state index in [4.69, 9.17) is 5.73 Å². The molecule has 0 aliphatic rings. The minimum atomic E-state index is 0.472. The first-order valence-corrected chi connectivity index (χ1v) is 7.73. The molecule has 2 aromatic heterocycles. The summed E-state index contributed by atoms with van der Waals surface area (Å²) >= 11 is 0. The van der Waals surface area contributed by atoms with Crippen LogP contribution in [-0.4, -0.2) is 21.1 Å². The summed E-state index contributed by atoms with van der Waals surface area (Å²) < 4.78 is 2.03. The number of para-hydroxylation sites is 1. The van der Waals surface area contributed by atoms with Crippen molar-refractivity contribution in [2.75, 3.05) is 5.73 Å². The number of anilines is 1. The average molecular weight is 296 g/mol. The molecule has 0 aliphatic heterocycles. The van der Waals surface area contributed by atoms with Crippen molar-refractivity contribution in [3.63, 3.8) is 0 Å². The summed E-state index contributed by atoms with van der Waals surface area (Å²) in [5, 5.41) is 6.84. The lowest BCUT2D eigenvalue weighted by Gasteiger charge is -2.07. The summed E-state index contributed by atoms with van der Waals surface area (Å²) in [5.41, 5.74) is 8.93. The summed E-state index contributed by atoms with van der Waals surface area (Å²) in [4.78, 5) is 15.1. The number of aromatic nitrogens is 3. The van der Waals surface area contributed by atoms with Crippen LogP contribution in [0.3, 0.4) is 0 Å². The van der Waals surface area contributed by atoms with Crippen LogP contribution in [0.2, 0.25) is 0 Å². The van der Waals surface area contributed by atoms with Gasteiger partial charge in [-0.3, -0.25) is 4.68 Å². The lowest BCUT2D eigenvalue weighted by atomic mass is 10.1. The third kappa shape index (κ3) is 2.43. The highest BCUT2D eigenvalue weighted by atomic mass is 16.1. The third-order valence-electron chi connectivity index (χ3n) is 3.89. The summed E-state index contributed by atoms with van der Waals surface area (Å²) in [6.07, 6.45) is 4.18. The van der Waals surface area contributed by atoms with Crippen LogP contribution in [0.5, 0.6) is 0 Å². The van der Waals surface area contributed by atoms with Gasteiger partial charge in [-0.2, -0.15) is 5.10 Å². The van der Waals surface area contributed by atoms with E-state index < -0.39 is 0 Å². The van der Waals surface area contributed by atoms with Crippen LogP contribution in [-0.2, 0) is 17.8 Å². The maximum Gasteiger partial charge on any atom is 0.152 e. The van der Waals surface area contributed by atoms with E-state index >= 15 is 0 Å². The van der Waals surface area contributed by atoms with Crippen LogP contribution in [0, 0.1) is 0 Å². The van der Waals surface area contributed by atoms with E-state index in [2.05, 4.69) is 23.1 Å². The molecule has 5 nitrogen and oxygen atoms in total. The van der Waals surface area contributed by atoms with Crippen LogP contribution in [0.1, 0.15) is 31.9 Å². The number of hydrogen-bond donors (Lipinski definition) is 1. The third-order valence-corrected chi connectivity index (χ3v) is 3.89. The van der Waals surface area contributed by atoms with Gasteiger partial charge in [0.15, 0.2) is 5.82 Å². The minimum Gasteiger partial charge on any atom is -0.382 e. The normalized spacial score (nSPS) is 11.3. The largest absolute Gasteiger partial charge is 0.382 e. The first-order chi connectivity index (χ1) is 10.8. The van der Waals surface area contributed by atoms with Crippen molar-refractivity contribution < 1.29 is 4.79 Å². The Morgan fingerprint density at radius 3 is 2.91 bits per heavy atom. The Bertz CT molecular complexity index is 822. The fraction of sp³-hybridized carbons (Fsp3) is 0.353. The number of carbonyl (C=O) groups is 1. The van der Waals surface area contributed by atoms with Gasteiger partial charge < -0.3 is 10.5 Å². The molecule has 22 heavy (non-hydrogen) atoms. The van der Waals surface area contributed by atoms with Crippen molar-refractivity contribution in [2.45, 2.75) is 39.2 Å². The Balaban J connectivity index is 2.26. The predicted molar refractivity (Wildman–Crippen MR) is 88.7 cm³/mol. The summed E-state index contributed by atoms with van der Waals surface area (Å²) in [5.74, 6) is 0.472. The molecule has 0 saturated heterocycles. The maximum absolute atomic E-state index is 10.6. The van der Waals surface area contributed by atoms with Gasteiger partial charge in [0.25, 0.3) is 0 Å². The first kappa shape index (κ1) is 14.5. The number of hydrogen-bond acceptors (Lipinski definition) is 4. The molecule has 0 radical (unpaired) electrons. The van der Waals surface area contributed by atoms with E-state index in [1.165, 1.54) is 0 Å². The number of aryl methyl sites for hydroxylation is 2. The second-order valence-electron chi connectivity index (χ2n) is 5.47. The zero-order chi connectivity index (χ0) is 15.5. The van der Waals surface area contributed by atoms with E-state index in [-0.39, 0.29) is 0 Å². The molecular formula is C17H20N4O. The number of nitrogen functional groups attached to an aromatic ring is 1. The van der Waals surface area contributed by atoms with Gasteiger partial charge in [0.05, 0.1) is 5.52 Å². The molecule has 0 spiro atoms. The highest BCUT2D eigenvalue weighted by Gasteiger charge is 2.16. The number of benzene rings is 1.